The highest BCUT2D eigenvalue weighted by Gasteiger charge is 2.15. The maximum atomic E-state index is 12.2. The van der Waals surface area contributed by atoms with Gasteiger partial charge in [0.15, 0.2) is 23.3 Å². The van der Waals surface area contributed by atoms with Crippen LogP contribution in [-0.2, 0) is 11.3 Å². The predicted octanol–water partition coefficient (Wildman–Crippen LogP) is 2.63. The third kappa shape index (κ3) is 8.23. The van der Waals surface area contributed by atoms with E-state index in [1.807, 2.05) is 39.0 Å². The molecule has 0 radical (unpaired) electrons. The Morgan fingerprint density at radius 2 is 1.94 bits per heavy atom. The molecule has 170 valence electrons. The quantitative estimate of drug-likeness (QED) is 0.299. The highest BCUT2D eigenvalue weighted by Crippen LogP contribution is 2.32. The minimum absolute atomic E-state index is 0. The molecule has 10 nitrogen and oxygen atoms in total. The molecule has 2 heterocycles. The number of hydrogen-bond acceptors (Lipinski definition) is 7. The van der Waals surface area contributed by atoms with Gasteiger partial charge in [0, 0.05) is 23.7 Å². The summed E-state index contributed by atoms with van der Waals surface area (Å²) in [4.78, 5) is 20.7. The van der Waals surface area contributed by atoms with Crippen LogP contribution in [0.5, 0.6) is 11.5 Å². The molecule has 2 aromatic rings. The maximum Gasteiger partial charge on any atom is 0.246 e. The first-order valence-electron chi connectivity index (χ1n) is 9.84. The largest absolute Gasteiger partial charge is 0.490 e. The smallest absolute Gasteiger partial charge is 0.246 e. The summed E-state index contributed by atoms with van der Waals surface area (Å²) in [5.74, 6) is 2.54. The summed E-state index contributed by atoms with van der Waals surface area (Å²) in [7, 11) is 0. The Morgan fingerprint density at radius 3 is 2.61 bits per heavy atom. The Balaban J connectivity index is 0.00000341. The minimum Gasteiger partial charge on any atom is -0.490 e. The normalized spacial score (nSPS) is 13.6. The number of amides is 1. The molecule has 1 aliphatic heterocycles. The first kappa shape index (κ1) is 24.7. The summed E-state index contributed by atoms with van der Waals surface area (Å²) in [6, 6.07) is 5.54. The molecule has 3 rings (SSSR count). The second kappa shape index (κ2) is 11.2. The summed E-state index contributed by atoms with van der Waals surface area (Å²) >= 11 is 0. The Labute approximate surface area is 198 Å². The first-order valence-corrected chi connectivity index (χ1v) is 9.84. The van der Waals surface area contributed by atoms with Gasteiger partial charge in [0.2, 0.25) is 11.8 Å². The number of fused-ring (bicyclic) bond motifs is 1. The lowest BCUT2D eigenvalue weighted by atomic mass is 10.1. The van der Waals surface area contributed by atoms with Crippen LogP contribution in [0, 0.1) is 6.92 Å². The number of rotatable bonds is 5. The van der Waals surface area contributed by atoms with Crippen molar-refractivity contribution < 1.29 is 18.8 Å². The molecule has 1 aromatic carbocycles. The van der Waals surface area contributed by atoms with E-state index in [4.69, 9.17) is 14.0 Å². The van der Waals surface area contributed by atoms with E-state index in [-0.39, 0.29) is 48.5 Å². The van der Waals surface area contributed by atoms with Crippen LogP contribution in [0.15, 0.2) is 27.7 Å². The molecule has 0 atom stereocenters. The van der Waals surface area contributed by atoms with Crippen LogP contribution in [0.4, 0.5) is 5.69 Å². The number of guanidine groups is 1. The van der Waals surface area contributed by atoms with E-state index >= 15 is 0 Å². The SMILES string of the molecule is Cc1noc(CNC(=NCC(=O)NC(C)(C)C)Nc2ccc3c(c2)OCCCO3)n1.I. The zero-order valence-corrected chi connectivity index (χ0v) is 20.5. The lowest BCUT2D eigenvalue weighted by molar-refractivity contribution is -0.121. The van der Waals surface area contributed by atoms with E-state index in [0.717, 1.165) is 12.1 Å². The number of anilines is 1. The lowest BCUT2D eigenvalue weighted by Gasteiger charge is -2.20. The topological polar surface area (TPSA) is 123 Å². The van der Waals surface area contributed by atoms with Crippen molar-refractivity contribution in [3.63, 3.8) is 0 Å². The van der Waals surface area contributed by atoms with Crippen LogP contribution in [0.3, 0.4) is 0 Å². The van der Waals surface area contributed by atoms with Crippen LogP contribution in [0.2, 0.25) is 0 Å². The highest BCUT2D eigenvalue weighted by atomic mass is 127. The first-order chi connectivity index (χ1) is 14.3. The number of ether oxygens (including phenoxy) is 2. The molecule has 11 heteroatoms. The molecule has 1 aliphatic rings. The zero-order valence-electron chi connectivity index (χ0n) is 18.2. The van der Waals surface area contributed by atoms with E-state index in [9.17, 15) is 4.79 Å². The monoisotopic (exact) mass is 544 g/mol. The Hall–Kier alpha value is -2.57. The molecule has 0 fully saturated rings. The van der Waals surface area contributed by atoms with Gasteiger partial charge >= 0.3 is 0 Å². The van der Waals surface area contributed by atoms with Crippen molar-refractivity contribution in [2.75, 3.05) is 25.1 Å². The number of nitrogens with one attached hydrogen (secondary N) is 3. The molecular weight excluding hydrogens is 515 g/mol. The molecule has 1 aromatic heterocycles. The molecule has 3 N–H and O–H groups in total. The van der Waals surface area contributed by atoms with Crippen molar-refractivity contribution in [2.24, 2.45) is 4.99 Å². The molecule has 0 aliphatic carbocycles. The van der Waals surface area contributed by atoms with Gasteiger partial charge in [-0.2, -0.15) is 4.98 Å². The molecule has 0 saturated heterocycles. The second-order valence-electron chi connectivity index (χ2n) is 7.89. The van der Waals surface area contributed by atoms with Gasteiger partial charge in [0.1, 0.15) is 6.54 Å². The van der Waals surface area contributed by atoms with Crippen molar-refractivity contribution in [2.45, 2.75) is 46.2 Å². The fraction of sp³-hybridized carbons (Fsp3) is 0.500. The van der Waals surface area contributed by atoms with Crippen LogP contribution >= 0.6 is 24.0 Å². The van der Waals surface area contributed by atoms with E-state index in [2.05, 4.69) is 31.1 Å². The van der Waals surface area contributed by atoms with E-state index in [0.29, 0.717) is 42.4 Å². The summed E-state index contributed by atoms with van der Waals surface area (Å²) in [5.41, 5.74) is 0.409. The number of carbonyl (C=O) groups excluding carboxylic acids is 1. The Bertz CT molecular complexity index is 909. The van der Waals surface area contributed by atoms with Crippen LogP contribution in [0.25, 0.3) is 0 Å². The average Bonchev–Trinajstić information content (AvgIpc) is 2.94. The van der Waals surface area contributed by atoms with Gasteiger partial charge in [-0.15, -0.1) is 24.0 Å². The van der Waals surface area contributed by atoms with Gasteiger partial charge in [-0.05, 0) is 39.8 Å². The number of carbonyl (C=O) groups is 1. The van der Waals surface area contributed by atoms with E-state index < -0.39 is 0 Å². The predicted molar refractivity (Wildman–Crippen MR) is 127 cm³/mol. The standard InChI is InChI=1S/C20H28N6O4.HI/c1-13-23-18(30-26-13)12-22-19(21-11-17(27)25-20(2,3)4)24-14-6-7-15-16(10-14)29-9-5-8-28-15;/h6-7,10H,5,8-9,11-12H2,1-4H3,(H,25,27)(H2,21,22,24);1H. The summed E-state index contributed by atoms with van der Waals surface area (Å²) in [5, 5.41) is 12.9. The number of halogens is 1. The van der Waals surface area contributed by atoms with Gasteiger partial charge < -0.3 is 29.9 Å². The third-order valence-corrected chi connectivity index (χ3v) is 3.88. The molecule has 1 amide bonds. The number of benzene rings is 1. The number of aryl methyl sites for hydroxylation is 1. The number of hydrogen-bond donors (Lipinski definition) is 3. The molecule has 31 heavy (non-hydrogen) atoms. The van der Waals surface area contributed by atoms with E-state index in [1.54, 1.807) is 6.92 Å². The third-order valence-electron chi connectivity index (χ3n) is 3.88. The highest BCUT2D eigenvalue weighted by molar-refractivity contribution is 14.0. The average molecular weight is 544 g/mol. The van der Waals surface area contributed by atoms with Crippen molar-refractivity contribution in [1.82, 2.24) is 20.8 Å². The Kier molecular flexibility index (Phi) is 8.89. The number of nitrogens with zero attached hydrogens (tertiary/aromatic N) is 3. The van der Waals surface area contributed by atoms with Crippen LogP contribution in [0.1, 0.15) is 38.9 Å². The van der Waals surface area contributed by atoms with E-state index in [1.165, 1.54) is 0 Å². The van der Waals surface area contributed by atoms with Gasteiger partial charge in [-0.25, -0.2) is 4.99 Å². The molecule has 0 unspecified atom stereocenters. The molecule has 0 bridgehead atoms. The fourth-order valence-electron chi connectivity index (χ4n) is 2.70. The van der Waals surface area contributed by atoms with Gasteiger partial charge in [0.05, 0.1) is 19.8 Å². The van der Waals surface area contributed by atoms with Crippen LogP contribution < -0.4 is 25.4 Å². The fourth-order valence-corrected chi connectivity index (χ4v) is 2.70. The van der Waals surface area contributed by atoms with Crippen LogP contribution in [-0.4, -0.2) is 47.3 Å². The van der Waals surface area contributed by atoms with Gasteiger partial charge in [-0.1, -0.05) is 5.16 Å². The minimum atomic E-state index is -0.330. The van der Waals surface area contributed by atoms with Gasteiger partial charge in [-0.3, -0.25) is 4.79 Å². The molecule has 0 saturated carbocycles. The van der Waals surface area contributed by atoms with Crippen molar-refractivity contribution in [3.05, 3.63) is 29.9 Å². The molecule has 0 spiro atoms. The number of aromatic nitrogens is 2. The second-order valence-corrected chi connectivity index (χ2v) is 7.89. The summed E-state index contributed by atoms with van der Waals surface area (Å²) in [6.07, 6.45) is 0.832. The summed E-state index contributed by atoms with van der Waals surface area (Å²) in [6.45, 7) is 8.94. The number of aliphatic imine (C=N–C) groups is 1. The molecular formula is C20H29IN6O4. The summed E-state index contributed by atoms with van der Waals surface area (Å²) < 4.78 is 16.5. The zero-order chi connectivity index (χ0) is 21.6. The Morgan fingerprint density at radius 1 is 1.19 bits per heavy atom. The van der Waals surface area contributed by atoms with Gasteiger partial charge in [0.25, 0.3) is 0 Å². The van der Waals surface area contributed by atoms with Crippen molar-refractivity contribution in [3.8, 4) is 11.5 Å². The lowest BCUT2D eigenvalue weighted by Crippen LogP contribution is -2.42. The van der Waals surface area contributed by atoms with Crippen molar-refractivity contribution >= 4 is 41.5 Å². The maximum absolute atomic E-state index is 12.2. The van der Waals surface area contributed by atoms with Crippen molar-refractivity contribution in [1.29, 1.82) is 0 Å².